The molecule has 1 aliphatic rings. The van der Waals surface area contributed by atoms with Gasteiger partial charge in [0.2, 0.25) is 11.5 Å². The third kappa shape index (κ3) is 4.01. The molecule has 1 amide bonds. The molecule has 1 aromatic heterocycles. The van der Waals surface area contributed by atoms with Gasteiger partial charge in [-0.1, -0.05) is 17.7 Å². The van der Waals surface area contributed by atoms with Crippen LogP contribution in [0, 0.1) is 20.8 Å². The number of hydrogen-bond acceptors (Lipinski definition) is 2. The zero-order valence-electron chi connectivity index (χ0n) is 15.3. The van der Waals surface area contributed by atoms with Crippen LogP contribution in [0.1, 0.15) is 46.6 Å². The van der Waals surface area contributed by atoms with Gasteiger partial charge in [-0.3, -0.25) is 9.59 Å². The molecule has 1 N–H and O–H groups in total. The topological polar surface area (TPSA) is 53.2 Å². The summed E-state index contributed by atoms with van der Waals surface area (Å²) in [4.78, 5) is 28.8. The zero-order valence-corrected chi connectivity index (χ0v) is 15.3. The first-order valence-corrected chi connectivity index (χ1v) is 8.97. The van der Waals surface area contributed by atoms with Crippen molar-refractivity contribution in [2.24, 2.45) is 0 Å². The second kappa shape index (κ2) is 7.26. The fraction of sp³-hybridized carbons (Fsp3) is 0.429. The fourth-order valence-electron chi connectivity index (χ4n) is 3.93. The van der Waals surface area contributed by atoms with Gasteiger partial charge in [0.25, 0.3) is 0 Å². The molecule has 0 unspecified atom stereocenters. The van der Waals surface area contributed by atoms with Crippen molar-refractivity contribution >= 4 is 5.91 Å². The molecule has 2 heterocycles. The summed E-state index contributed by atoms with van der Waals surface area (Å²) in [6.45, 7) is 7.79. The van der Waals surface area contributed by atoms with Gasteiger partial charge >= 0.3 is 0 Å². The molecular weight excluding hydrogens is 312 g/mol. The number of amides is 1. The zero-order chi connectivity index (χ0) is 18.0. The summed E-state index contributed by atoms with van der Waals surface area (Å²) in [5, 5.41) is 0. The van der Waals surface area contributed by atoms with E-state index in [4.69, 9.17) is 0 Å². The number of carbonyl (C=O) groups is 1. The molecule has 1 fully saturated rings. The number of pyridine rings is 1. The number of rotatable bonds is 3. The van der Waals surface area contributed by atoms with Gasteiger partial charge in [0.05, 0.1) is 6.42 Å². The Morgan fingerprint density at radius 3 is 2.36 bits per heavy atom. The van der Waals surface area contributed by atoms with Crippen LogP contribution in [0.5, 0.6) is 0 Å². The molecule has 4 nitrogen and oxygen atoms in total. The number of aromatic nitrogens is 1. The van der Waals surface area contributed by atoms with Gasteiger partial charge in [0, 0.05) is 25.4 Å². The number of piperidine rings is 1. The van der Waals surface area contributed by atoms with Crippen LogP contribution >= 0.6 is 0 Å². The van der Waals surface area contributed by atoms with Gasteiger partial charge in [-0.2, -0.15) is 0 Å². The Bertz CT molecular complexity index is 807. The summed E-state index contributed by atoms with van der Waals surface area (Å²) < 4.78 is 0. The first-order chi connectivity index (χ1) is 11.9. The third-order valence-corrected chi connectivity index (χ3v) is 5.29. The van der Waals surface area contributed by atoms with Crippen molar-refractivity contribution in [2.75, 3.05) is 13.1 Å². The molecule has 0 atom stereocenters. The molecule has 25 heavy (non-hydrogen) atoms. The van der Waals surface area contributed by atoms with Crippen LogP contribution in [0.25, 0.3) is 0 Å². The maximum atomic E-state index is 12.7. The van der Waals surface area contributed by atoms with Crippen molar-refractivity contribution in [1.82, 2.24) is 9.88 Å². The smallest absolute Gasteiger partial charge is 0.248 e. The van der Waals surface area contributed by atoms with Crippen LogP contribution in [0.2, 0.25) is 0 Å². The van der Waals surface area contributed by atoms with Crippen molar-refractivity contribution in [1.29, 1.82) is 0 Å². The molecule has 1 saturated heterocycles. The van der Waals surface area contributed by atoms with Crippen LogP contribution in [0.4, 0.5) is 0 Å². The van der Waals surface area contributed by atoms with Gasteiger partial charge in [-0.05, 0) is 67.9 Å². The van der Waals surface area contributed by atoms with Gasteiger partial charge in [0.15, 0.2) is 0 Å². The van der Waals surface area contributed by atoms with E-state index in [1.807, 2.05) is 11.0 Å². The molecule has 1 aromatic carbocycles. The quantitative estimate of drug-likeness (QED) is 0.934. The molecule has 2 aromatic rings. The Morgan fingerprint density at radius 2 is 1.76 bits per heavy atom. The maximum absolute atomic E-state index is 12.7. The highest BCUT2D eigenvalue weighted by Crippen LogP contribution is 2.27. The molecular formula is C21H26N2O2. The van der Waals surface area contributed by atoms with Crippen LogP contribution in [0.15, 0.2) is 35.3 Å². The average molecular weight is 338 g/mol. The normalized spacial score (nSPS) is 15.4. The summed E-state index contributed by atoms with van der Waals surface area (Å²) in [5.74, 6) is 0.577. The van der Waals surface area contributed by atoms with Crippen LogP contribution < -0.4 is 5.56 Å². The first kappa shape index (κ1) is 17.5. The van der Waals surface area contributed by atoms with Crippen molar-refractivity contribution in [3.63, 3.8) is 0 Å². The molecule has 4 heteroatoms. The first-order valence-electron chi connectivity index (χ1n) is 8.97. The lowest BCUT2D eigenvalue weighted by molar-refractivity contribution is -0.131. The van der Waals surface area contributed by atoms with Crippen LogP contribution in [0.3, 0.4) is 0 Å². The molecule has 132 valence electrons. The summed E-state index contributed by atoms with van der Waals surface area (Å²) in [6.07, 6.45) is 4.02. The minimum atomic E-state index is -0.0543. The molecule has 3 rings (SSSR count). The SMILES string of the molecule is Cc1cc(C)c(CC(=O)N2CCC(c3cc[nH]c(=O)c3)CC2)c(C)c1. The Hall–Kier alpha value is -2.36. The highest BCUT2D eigenvalue weighted by molar-refractivity contribution is 5.79. The molecule has 0 radical (unpaired) electrons. The minimum Gasteiger partial charge on any atom is -0.342 e. The third-order valence-electron chi connectivity index (χ3n) is 5.29. The Kier molecular flexibility index (Phi) is 5.07. The lowest BCUT2D eigenvalue weighted by atomic mass is 9.89. The summed E-state index contributed by atoms with van der Waals surface area (Å²) in [6, 6.07) is 7.95. The second-order valence-corrected chi connectivity index (χ2v) is 7.20. The van der Waals surface area contributed by atoms with E-state index in [0.717, 1.165) is 37.1 Å². The van der Waals surface area contributed by atoms with Gasteiger partial charge in [-0.15, -0.1) is 0 Å². The Morgan fingerprint density at radius 1 is 1.12 bits per heavy atom. The van der Waals surface area contributed by atoms with E-state index in [2.05, 4.69) is 37.9 Å². The maximum Gasteiger partial charge on any atom is 0.248 e. The summed E-state index contributed by atoms with van der Waals surface area (Å²) in [5.41, 5.74) is 5.83. The number of benzene rings is 1. The average Bonchev–Trinajstić information content (AvgIpc) is 2.58. The molecule has 0 saturated carbocycles. The highest BCUT2D eigenvalue weighted by Gasteiger charge is 2.24. The number of aromatic amines is 1. The standard InChI is InChI=1S/C21H26N2O2/c1-14-10-15(2)19(16(3)11-14)13-21(25)23-8-5-17(6-9-23)18-4-7-22-20(24)12-18/h4,7,10-12,17H,5-6,8-9,13H2,1-3H3,(H,22,24). The number of nitrogens with zero attached hydrogens (tertiary/aromatic N) is 1. The summed E-state index contributed by atoms with van der Waals surface area (Å²) in [7, 11) is 0. The number of likely N-dealkylation sites (tertiary alicyclic amines) is 1. The largest absolute Gasteiger partial charge is 0.342 e. The number of aryl methyl sites for hydroxylation is 3. The van der Waals surface area contributed by atoms with E-state index in [-0.39, 0.29) is 11.5 Å². The number of carbonyl (C=O) groups excluding carboxylic acids is 1. The minimum absolute atomic E-state index is 0.0543. The fourth-order valence-corrected chi connectivity index (χ4v) is 3.93. The highest BCUT2D eigenvalue weighted by atomic mass is 16.2. The lowest BCUT2D eigenvalue weighted by Gasteiger charge is -2.32. The van der Waals surface area contributed by atoms with Gasteiger partial charge < -0.3 is 9.88 Å². The Balaban J connectivity index is 1.63. The van der Waals surface area contributed by atoms with E-state index in [0.29, 0.717) is 12.3 Å². The molecule has 0 aliphatic carbocycles. The predicted octanol–water partition coefficient (Wildman–Crippen LogP) is 3.25. The second-order valence-electron chi connectivity index (χ2n) is 7.20. The molecule has 1 aliphatic heterocycles. The molecule has 0 bridgehead atoms. The van der Waals surface area contributed by atoms with Crippen molar-refractivity contribution in [3.05, 3.63) is 68.6 Å². The monoisotopic (exact) mass is 338 g/mol. The van der Waals surface area contributed by atoms with E-state index in [1.54, 1.807) is 12.3 Å². The summed E-state index contributed by atoms with van der Waals surface area (Å²) >= 11 is 0. The van der Waals surface area contributed by atoms with Crippen LogP contribution in [-0.4, -0.2) is 28.9 Å². The number of hydrogen-bond donors (Lipinski definition) is 1. The van der Waals surface area contributed by atoms with E-state index in [9.17, 15) is 9.59 Å². The number of H-pyrrole nitrogens is 1. The number of nitrogens with one attached hydrogen (secondary N) is 1. The van der Waals surface area contributed by atoms with Crippen molar-refractivity contribution in [3.8, 4) is 0 Å². The predicted molar refractivity (Wildman–Crippen MR) is 100.0 cm³/mol. The van der Waals surface area contributed by atoms with Gasteiger partial charge in [-0.25, -0.2) is 0 Å². The van der Waals surface area contributed by atoms with Crippen LogP contribution in [-0.2, 0) is 11.2 Å². The van der Waals surface area contributed by atoms with Gasteiger partial charge in [0.1, 0.15) is 0 Å². The lowest BCUT2D eigenvalue weighted by Crippen LogP contribution is -2.39. The van der Waals surface area contributed by atoms with Crippen molar-refractivity contribution < 1.29 is 4.79 Å². The molecule has 0 spiro atoms. The Labute approximate surface area is 148 Å². The van der Waals surface area contributed by atoms with Crippen molar-refractivity contribution in [2.45, 2.75) is 46.0 Å². The van der Waals surface area contributed by atoms with E-state index >= 15 is 0 Å². The van der Waals surface area contributed by atoms with E-state index < -0.39 is 0 Å². The van der Waals surface area contributed by atoms with E-state index in [1.165, 1.54) is 16.7 Å².